The molecule has 0 aliphatic carbocycles. The van der Waals surface area contributed by atoms with Gasteiger partial charge in [-0.25, -0.2) is 4.98 Å². The van der Waals surface area contributed by atoms with Crippen LogP contribution in [0.4, 0.5) is 13.2 Å². The Hall–Kier alpha value is -1.17. The van der Waals surface area contributed by atoms with Gasteiger partial charge in [-0.05, 0) is 18.2 Å². The van der Waals surface area contributed by atoms with Crippen LogP contribution >= 0.6 is 34.8 Å². The van der Waals surface area contributed by atoms with Gasteiger partial charge >= 0.3 is 6.18 Å². The van der Waals surface area contributed by atoms with Crippen LogP contribution in [0, 0.1) is 0 Å². The Labute approximate surface area is 127 Å². The van der Waals surface area contributed by atoms with Crippen LogP contribution in [0.15, 0.2) is 30.5 Å². The summed E-state index contributed by atoms with van der Waals surface area (Å²) in [6, 6.07) is 5.11. The monoisotopic (exact) mass is 341 g/mol. The summed E-state index contributed by atoms with van der Waals surface area (Å²) < 4.78 is 42.6. The SMILES string of the molecule is FC(F)(F)c1cnc(Oc2ccc(Cl)c(Cl)c2)c(Cl)c1. The molecule has 1 heterocycles. The predicted molar refractivity (Wildman–Crippen MR) is 70.8 cm³/mol. The molecule has 0 saturated heterocycles. The van der Waals surface area contributed by atoms with Crippen LogP contribution in [0.25, 0.3) is 0 Å². The number of aromatic nitrogens is 1. The van der Waals surface area contributed by atoms with E-state index in [-0.39, 0.29) is 21.7 Å². The van der Waals surface area contributed by atoms with E-state index in [0.717, 1.165) is 6.07 Å². The topological polar surface area (TPSA) is 22.1 Å². The van der Waals surface area contributed by atoms with Gasteiger partial charge in [-0.3, -0.25) is 0 Å². The Balaban J connectivity index is 2.28. The molecule has 20 heavy (non-hydrogen) atoms. The van der Waals surface area contributed by atoms with Crippen molar-refractivity contribution in [3.63, 3.8) is 0 Å². The number of rotatable bonds is 2. The van der Waals surface area contributed by atoms with E-state index in [1.54, 1.807) is 0 Å². The number of ether oxygens (including phenoxy) is 1. The van der Waals surface area contributed by atoms with Crippen molar-refractivity contribution in [1.29, 1.82) is 0 Å². The lowest BCUT2D eigenvalue weighted by Gasteiger charge is -2.10. The number of halogens is 6. The summed E-state index contributed by atoms with van der Waals surface area (Å²) >= 11 is 17.2. The molecule has 0 atom stereocenters. The standard InChI is InChI=1S/C12H5Cl3F3NO/c13-8-2-1-7(4-9(8)14)20-11-10(15)3-6(5-19-11)12(16,17)18/h1-5H. The van der Waals surface area contributed by atoms with Crippen molar-refractivity contribution in [3.05, 3.63) is 51.1 Å². The molecule has 0 unspecified atom stereocenters. The lowest BCUT2D eigenvalue weighted by molar-refractivity contribution is -0.137. The molecule has 0 bridgehead atoms. The normalized spacial score (nSPS) is 11.5. The van der Waals surface area contributed by atoms with E-state index in [2.05, 4.69) is 4.98 Å². The summed E-state index contributed by atoms with van der Waals surface area (Å²) in [4.78, 5) is 3.54. The second-order valence-electron chi connectivity index (χ2n) is 3.69. The molecule has 2 nitrogen and oxygen atoms in total. The van der Waals surface area contributed by atoms with Crippen LogP contribution in [0.5, 0.6) is 11.6 Å². The first-order chi connectivity index (χ1) is 9.27. The molecular formula is C12H5Cl3F3NO. The minimum Gasteiger partial charge on any atom is -0.437 e. The first kappa shape index (κ1) is 15.2. The van der Waals surface area contributed by atoms with Crippen LogP contribution < -0.4 is 4.74 Å². The lowest BCUT2D eigenvalue weighted by Crippen LogP contribution is -2.05. The summed E-state index contributed by atoms with van der Waals surface area (Å²) in [5, 5.41) is 0.309. The largest absolute Gasteiger partial charge is 0.437 e. The molecule has 0 saturated carbocycles. The first-order valence-electron chi connectivity index (χ1n) is 5.13. The van der Waals surface area contributed by atoms with Gasteiger partial charge in [-0.2, -0.15) is 13.2 Å². The summed E-state index contributed by atoms with van der Waals surface area (Å²) in [6.45, 7) is 0. The number of alkyl halides is 3. The Bertz CT molecular complexity index is 646. The molecule has 0 radical (unpaired) electrons. The molecule has 106 valence electrons. The van der Waals surface area contributed by atoms with Crippen LogP contribution in [0.1, 0.15) is 5.56 Å². The second kappa shape index (κ2) is 5.68. The fraction of sp³-hybridized carbons (Fsp3) is 0.0833. The zero-order valence-electron chi connectivity index (χ0n) is 9.51. The van der Waals surface area contributed by atoms with Crippen molar-refractivity contribution in [2.45, 2.75) is 6.18 Å². The predicted octanol–water partition coefficient (Wildman–Crippen LogP) is 5.85. The highest BCUT2D eigenvalue weighted by atomic mass is 35.5. The second-order valence-corrected chi connectivity index (χ2v) is 4.91. The van der Waals surface area contributed by atoms with Crippen LogP contribution in [-0.2, 0) is 6.18 Å². The molecule has 2 rings (SSSR count). The molecule has 0 fully saturated rings. The van der Waals surface area contributed by atoms with Gasteiger partial charge in [0.05, 0.1) is 15.6 Å². The van der Waals surface area contributed by atoms with E-state index in [1.165, 1.54) is 18.2 Å². The van der Waals surface area contributed by atoms with Crippen molar-refractivity contribution >= 4 is 34.8 Å². The number of pyridine rings is 1. The van der Waals surface area contributed by atoms with Gasteiger partial charge in [0.1, 0.15) is 10.8 Å². The highest BCUT2D eigenvalue weighted by molar-refractivity contribution is 6.42. The van der Waals surface area contributed by atoms with E-state index in [9.17, 15) is 13.2 Å². The van der Waals surface area contributed by atoms with E-state index in [1.807, 2.05) is 0 Å². The Morgan fingerprint density at radius 3 is 2.20 bits per heavy atom. The van der Waals surface area contributed by atoms with Crippen molar-refractivity contribution < 1.29 is 17.9 Å². The summed E-state index contributed by atoms with van der Waals surface area (Å²) in [7, 11) is 0. The van der Waals surface area contributed by atoms with Gasteiger partial charge in [0, 0.05) is 12.3 Å². The van der Waals surface area contributed by atoms with E-state index in [0.29, 0.717) is 11.2 Å². The molecule has 1 aromatic heterocycles. The molecule has 0 N–H and O–H groups in total. The van der Waals surface area contributed by atoms with E-state index < -0.39 is 11.7 Å². The average molecular weight is 343 g/mol. The maximum absolute atomic E-state index is 12.5. The van der Waals surface area contributed by atoms with Gasteiger partial charge in [0.2, 0.25) is 5.88 Å². The van der Waals surface area contributed by atoms with Crippen molar-refractivity contribution in [2.75, 3.05) is 0 Å². The first-order valence-corrected chi connectivity index (χ1v) is 6.26. The number of nitrogens with zero attached hydrogens (tertiary/aromatic N) is 1. The highest BCUT2D eigenvalue weighted by Crippen LogP contribution is 2.35. The molecule has 0 aliphatic heterocycles. The Morgan fingerprint density at radius 1 is 0.950 bits per heavy atom. The minimum absolute atomic E-state index is 0.155. The third-order valence-electron chi connectivity index (χ3n) is 2.24. The average Bonchev–Trinajstić information content (AvgIpc) is 2.35. The van der Waals surface area contributed by atoms with E-state index >= 15 is 0 Å². The number of hydrogen-bond acceptors (Lipinski definition) is 2. The molecule has 2 aromatic rings. The number of benzene rings is 1. The quantitative estimate of drug-likeness (QED) is 0.682. The fourth-order valence-electron chi connectivity index (χ4n) is 1.31. The van der Waals surface area contributed by atoms with E-state index in [4.69, 9.17) is 39.5 Å². The Morgan fingerprint density at radius 2 is 1.65 bits per heavy atom. The molecule has 0 aliphatic rings. The van der Waals surface area contributed by atoms with Gasteiger partial charge < -0.3 is 4.74 Å². The van der Waals surface area contributed by atoms with Crippen LogP contribution in [0.3, 0.4) is 0 Å². The van der Waals surface area contributed by atoms with Crippen LogP contribution in [-0.4, -0.2) is 4.98 Å². The fourth-order valence-corrected chi connectivity index (χ4v) is 1.80. The third-order valence-corrected chi connectivity index (χ3v) is 3.25. The molecule has 0 spiro atoms. The summed E-state index contributed by atoms with van der Waals surface area (Å²) in [5.74, 6) is 0.103. The van der Waals surface area contributed by atoms with Gasteiger partial charge in [-0.15, -0.1) is 0 Å². The summed E-state index contributed by atoms with van der Waals surface area (Å²) in [6.07, 6.45) is -3.88. The summed E-state index contributed by atoms with van der Waals surface area (Å²) in [5.41, 5.74) is -0.955. The van der Waals surface area contributed by atoms with Gasteiger partial charge in [-0.1, -0.05) is 34.8 Å². The maximum atomic E-state index is 12.5. The molecule has 0 amide bonds. The van der Waals surface area contributed by atoms with Crippen molar-refractivity contribution in [3.8, 4) is 11.6 Å². The third kappa shape index (κ3) is 3.48. The Kier molecular flexibility index (Phi) is 4.32. The van der Waals surface area contributed by atoms with Crippen molar-refractivity contribution in [2.24, 2.45) is 0 Å². The van der Waals surface area contributed by atoms with Gasteiger partial charge in [0.15, 0.2) is 0 Å². The maximum Gasteiger partial charge on any atom is 0.417 e. The highest BCUT2D eigenvalue weighted by Gasteiger charge is 2.31. The van der Waals surface area contributed by atoms with Crippen LogP contribution in [0.2, 0.25) is 15.1 Å². The molecular weight excluding hydrogens is 337 g/mol. The zero-order valence-corrected chi connectivity index (χ0v) is 11.8. The molecule has 8 heteroatoms. The van der Waals surface area contributed by atoms with Crippen molar-refractivity contribution in [1.82, 2.24) is 4.98 Å². The smallest absolute Gasteiger partial charge is 0.417 e. The van der Waals surface area contributed by atoms with Gasteiger partial charge in [0.25, 0.3) is 0 Å². The molecule has 1 aromatic carbocycles. The zero-order chi connectivity index (χ0) is 14.9. The minimum atomic E-state index is -4.52. The number of hydrogen-bond donors (Lipinski definition) is 0. The lowest BCUT2D eigenvalue weighted by atomic mass is 10.3.